The molecule has 0 aliphatic carbocycles. The van der Waals surface area contributed by atoms with Gasteiger partial charge in [-0.05, 0) is 57.4 Å². The number of nitrogens with one attached hydrogen (secondary N) is 8. The van der Waals surface area contributed by atoms with Crippen molar-refractivity contribution in [3.63, 3.8) is 0 Å². The van der Waals surface area contributed by atoms with Crippen LogP contribution in [0.15, 0.2) is 0 Å². The van der Waals surface area contributed by atoms with Gasteiger partial charge >= 0.3 is 23.9 Å². The first-order valence-electron chi connectivity index (χ1n) is 22.8. The summed E-state index contributed by atoms with van der Waals surface area (Å²) in [6, 6.07) is -16.0. The maximum Gasteiger partial charge on any atom is 0.326 e. The van der Waals surface area contributed by atoms with Crippen molar-refractivity contribution < 1.29 is 92.7 Å². The van der Waals surface area contributed by atoms with Crippen LogP contribution in [-0.4, -0.2) is 176 Å². The van der Waals surface area contributed by atoms with Crippen LogP contribution in [0, 0.1) is 11.8 Å². The summed E-state index contributed by atoms with van der Waals surface area (Å²) < 4.78 is 0. The fourth-order valence-electron chi connectivity index (χ4n) is 6.54. The van der Waals surface area contributed by atoms with Gasteiger partial charge < -0.3 is 91.0 Å². The molecular weight excluding hydrogens is 977 g/mol. The van der Waals surface area contributed by atoms with Crippen LogP contribution in [0.4, 0.5) is 0 Å². The molecule has 0 aliphatic rings. The molecule has 0 aliphatic heterocycles. The molecule has 0 bridgehead atoms. The standard InChI is InChI=1S/C42H70N12O19/c1-17(2)12-23(38(68)54-33(19(5)55)41(71)48-22(42(72)73)8-6-7-11-43)50-36(66)24(14-27(45)56)51-35(65)21(9-10-29(58)59)47-37(67)26(16-31(62)63)52-40(70)32(18(3)4)53-39(69)25(15-28(46)57)49-34(64)20(44)13-30(60)61/h17-26,32-33,55H,6-16,43-44H2,1-5H3,(H2,45,56)(H2,46,57)(H,47,67)(H,48,71)(H,49,64)(H,50,66)(H,51,65)(H,52,70)(H,53,69)(H,54,68)(H,58,59)(H,60,61)(H,62,63)(H,72,73). The van der Waals surface area contributed by atoms with Crippen LogP contribution in [0.25, 0.3) is 0 Å². The Morgan fingerprint density at radius 1 is 0.438 bits per heavy atom. The van der Waals surface area contributed by atoms with Crippen molar-refractivity contribution in [2.75, 3.05) is 6.54 Å². The van der Waals surface area contributed by atoms with E-state index in [0.717, 1.165) is 6.92 Å². The van der Waals surface area contributed by atoms with Crippen molar-refractivity contribution >= 4 is 82.9 Å². The fraction of sp³-hybridized carbons (Fsp3) is 0.667. The van der Waals surface area contributed by atoms with Crippen molar-refractivity contribution in [1.82, 2.24) is 42.5 Å². The molecule has 73 heavy (non-hydrogen) atoms. The number of aliphatic carboxylic acids is 4. The number of aliphatic hydroxyl groups is 1. The van der Waals surface area contributed by atoms with E-state index in [-0.39, 0.29) is 25.3 Å². The molecule has 0 radical (unpaired) electrons. The van der Waals surface area contributed by atoms with Crippen LogP contribution in [0.3, 0.4) is 0 Å². The zero-order valence-electron chi connectivity index (χ0n) is 41.0. The van der Waals surface area contributed by atoms with E-state index in [1.165, 1.54) is 13.8 Å². The van der Waals surface area contributed by atoms with Gasteiger partial charge in [-0.2, -0.15) is 0 Å². The molecule has 0 aromatic heterocycles. The molecule has 0 saturated carbocycles. The SMILES string of the molecule is CC(C)CC(NC(=O)C(CC(N)=O)NC(=O)C(CCC(=O)O)NC(=O)C(CC(=O)O)NC(=O)C(NC(=O)C(CC(N)=O)NC(=O)C(N)CC(=O)O)C(C)C)C(=O)NC(C(=O)NC(CCCCN)C(=O)O)C(C)O. The molecule has 0 aromatic carbocycles. The zero-order chi connectivity index (χ0) is 56.4. The van der Waals surface area contributed by atoms with E-state index in [2.05, 4.69) is 42.5 Å². The minimum atomic E-state index is -2.10. The molecule has 31 heteroatoms. The lowest BCUT2D eigenvalue weighted by atomic mass is 10.0. The first-order valence-corrected chi connectivity index (χ1v) is 22.8. The van der Waals surface area contributed by atoms with Gasteiger partial charge in [-0.25, -0.2) is 4.79 Å². The van der Waals surface area contributed by atoms with Crippen molar-refractivity contribution in [3.05, 3.63) is 0 Å². The topological polar surface area (TPSA) is 540 Å². The van der Waals surface area contributed by atoms with Gasteiger partial charge in [0, 0.05) is 6.42 Å². The number of unbranched alkanes of at least 4 members (excludes halogenated alkanes) is 1. The van der Waals surface area contributed by atoms with Crippen LogP contribution in [0.5, 0.6) is 0 Å². The third-order valence-corrected chi connectivity index (χ3v) is 10.3. The Bertz CT molecular complexity index is 2020. The smallest absolute Gasteiger partial charge is 0.326 e. The highest BCUT2D eigenvalue weighted by atomic mass is 16.4. The predicted molar refractivity (Wildman–Crippen MR) is 249 cm³/mol. The second kappa shape index (κ2) is 32.4. The highest BCUT2D eigenvalue weighted by molar-refractivity contribution is 6.00. The van der Waals surface area contributed by atoms with E-state index in [1.54, 1.807) is 13.8 Å². The van der Waals surface area contributed by atoms with Crippen molar-refractivity contribution in [1.29, 1.82) is 0 Å². The summed E-state index contributed by atoms with van der Waals surface area (Å²) in [5.74, 6) is -19.7. The number of carboxylic acids is 4. The largest absolute Gasteiger partial charge is 0.481 e. The maximum absolute atomic E-state index is 13.8. The number of carbonyl (C=O) groups excluding carboxylic acids is 10. The Morgan fingerprint density at radius 2 is 0.836 bits per heavy atom. The summed E-state index contributed by atoms with van der Waals surface area (Å²) in [5.41, 5.74) is 21.6. The minimum absolute atomic E-state index is 0.0395. The molecule has 10 unspecified atom stereocenters. The molecule has 0 fully saturated rings. The van der Waals surface area contributed by atoms with E-state index in [0.29, 0.717) is 12.8 Å². The third kappa shape index (κ3) is 25.9. The molecule has 21 N–H and O–H groups in total. The van der Waals surface area contributed by atoms with Crippen molar-refractivity contribution in [2.45, 2.75) is 159 Å². The summed E-state index contributed by atoms with van der Waals surface area (Å²) in [4.78, 5) is 178. The number of aliphatic hydroxyl groups excluding tert-OH is 1. The van der Waals surface area contributed by atoms with Crippen LogP contribution in [0.1, 0.15) is 98.8 Å². The van der Waals surface area contributed by atoms with E-state index >= 15 is 0 Å². The number of hydrogen-bond acceptors (Lipinski definition) is 17. The first-order chi connectivity index (χ1) is 33.8. The highest BCUT2D eigenvalue weighted by Gasteiger charge is 2.38. The van der Waals surface area contributed by atoms with Gasteiger partial charge in [0.1, 0.15) is 48.3 Å². The predicted octanol–water partition coefficient (Wildman–Crippen LogP) is -6.95. The van der Waals surface area contributed by atoms with E-state index in [4.69, 9.17) is 28.0 Å². The van der Waals surface area contributed by atoms with Crippen LogP contribution < -0.4 is 65.5 Å². The molecule has 0 heterocycles. The number of nitrogens with two attached hydrogens (primary N) is 4. The van der Waals surface area contributed by atoms with Crippen LogP contribution in [-0.2, 0) is 67.1 Å². The quantitative estimate of drug-likeness (QED) is 0.0259. The van der Waals surface area contributed by atoms with Gasteiger partial charge in [-0.1, -0.05) is 27.7 Å². The highest BCUT2D eigenvalue weighted by Crippen LogP contribution is 2.11. The zero-order valence-corrected chi connectivity index (χ0v) is 41.0. The molecule has 31 nitrogen and oxygen atoms in total. The molecule has 0 spiro atoms. The molecule has 0 saturated heterocycles. The summed E-state index contributed by atoms with van der Waals surface area (Å²) in [5, 5.41) is 65.5. The van der Waals surface area contributed by atoms with Crippen molar-refractivity contribution in [2.24, 2.45) is 34.8 Å². The summed E-state index contributed by atoms with van der Waals surface area (Å²) in [6.07, 6.45) is -6.65. The van der Waals surface area contributed by atoms with Crippen LogP contribution >= 0.6 is 0 Å². The van der Waals surface area contributed by atoms with E-state index < -0.39 is 188 Å². The second-order valence-corrected chi connectivity index (χ2v) is 17.7. The van der Waals surface area contributed by atoms with Crippen molar-refractivity contribution in [3.8, 4) is 0 Å². The Balaban J connectivity index is 6.68. The van der Waals surface area contributed by atoms with Gasteiger partial charge in [0.05, 0.1) is 37.8 Å². The molecule has 412 valence electrons. The summed E-state index contributed by atoms with van der Waals surface area (Å²) in [6.45, 7) is 7.36. The summed E-state index contributed by atoms with van der Waals surface area (Å²) >= 11 is 0. The fourth-order valence-corrected chi connectivity index (χ4v) is 6.54. The molecule has 0 aromatic rings. The normalized spacial score (nSPS) is 15.2. The van der Waals surface area contributed by atoms with E-state index in [1.807, 2.05) is 0 Å². The van der Waals surface area contributed by atoms with Gasteiger partial charge in [0.2, 0.25) is 59.1 Å². The molecule has 10 atom stereocenters. The van der Waals surface area contributed by atoms with Gasteiger partial charge in [-0.3, -0.25) is 62.3 Å². The minimum Gasteiger partial charge on any atom is -0.481 e. The summed E-state index contributed by atoms with van der Waals surface area (Å²) in [7, 11) is 0. The average molecular weight is 1050 g/mol. The average Bonchev–Trinajstić information content (AvgIpc) is 3.25. The molecule has 0 rings (SSSR count). The lowest BCUT2D eigenvalue weighted by Gasteiger charge is -2.29. The lowest BCUT2D eigenvalue weighted by molar-refractivity contribution is -0.143. The molecule has 10 amide bonds. The number of amides is 10. The Hall–Kier alpha value is -7.54. The van der Waals surface area contributed by atoms with Gasteiger partial charge in [0.25, 0.3) is 0 Å². The second-order valence-electron chi connectivity index (χ2n) is 17.7. The third-order valence-electron chi connectivity index (χ3n) is 10.3. The maximum atomic E-state index is 13.8. The van der Waals surface area contributed by atoms with E-state index in [9.17, 15) is 87.5 Å². The Morgan fingerprint density at radius 3 is 1.27 bits per heavy atom. The number of primary amides is 2. The number of rotatable bonds is 36. The van der Waals surface area contributed by atoms with Gasteiger partial charge in [0.15, 0.2) is 0 Å². The number of carbonyl (C=O) groups is 14. The number of hydrogen-bond donors (Lipinski definition) is 17. The Labute approximate surface area is 418 Å². The van der Waals surface area contributed by atoms with Gasteiger partial charge in [-0.15, -0.1) is 0 Å². The molecular formula is C42H70N12O19. The monoisotopic (exact) mass is 1050 g/mol. The Kier molecular flexibility index (Phi) is 29.1. The van der Waals surface area contributed by atoms with Crippen LogP contribution in [0.2, 0.25) is 0 Å². The lowest BCUT2D eigenvalue weighted by Crippen LogP contribution is -2.62. The number of carboxylic acid groups (broad SMARTS) is 4. The first kappa shape index (κ1) is 65.5.